The van der Waals surface area contributed by atoms with Crippen molar-refractivity contribution >= 4 is 11.6 Å². The van der Waals surface area contributed by atoms with Gasteiger partial charge in [-0.25, -0.2) is 0 Å². The van der Waals surface area contributed by atoms with Crippen molar-refractivity contribution in [2.75, 3.05) is 20.3 Å². The van der Waals surface area contributed by atoms with Crippen molar-refractivity contribution < 1.29 is 14.6 Å². The molecule has 2 rings (SSSR count). The molecular weight excluding hydrogens is 326 g/mol. The van der Waals surface area contributed by atoms with Crippen molar-refractivity contribution in [2.45, 2.75) is 12.6 Å². The molecule has 0 saturated carbocycles. The van der Waals surface area contributed by atoms with E-state index in [0.29, 0.717) is 36.2 Å². The number of benzene rings is 2. The van der Waals surface area contributed by atoms with E-state index in [1.54, 1.807) is 13.2 Å². The molecule has 0 radical (unpaired) electrons. The first-order chi connectivity index (χ1) is 11.7. The van der Waals surface area contributed by atoms with Crippen molar-refractivity contribution in [1.82, 2.24) is 5.32 Å². The summed E-state index contributed by atoms with van der Waals surface area (Å²) in [6.07, 6.45) is 1.09. The Hall–Kier alpha value is -2.01. The normalized spacial score (nSPS) is 11.8. The van der Waals surface area contributed by atoms with Crippen molar-refractivity contribution in [3.05, 3.63) is 71.3 Å². The molecule has 2 aromatic rings. The van der Waals surface area contributed by atoms with Crippen LogP contribution >= 0.6 is 11.6 Å². The van der Waals surface area contributed by atoms with Crippen LogP contribution in [0.15, 0.2) is 55.1 Å². The number of methoxy groups -OCH3 is 1. The highest BCUT2D eigenvalue weighted by Gasteiger charge is 2.12. The first kappa shape index (κ1) is 18.3. The van der Waals surface area contributed by atoms with Crippen LogP contribution in [-0.2, 0) is 6.54 Å². The van der Waals surface area contributed by atoms with Gasteiger partial charge < -0.3 is 19.9 Å². The molecule has 2 N–H and O–H groups in total. The van der Waals surface area contributed by atoms with Gasteiger partial charge in [-0.3, -0.25) is 0 Å². The molecule has 0 bridgehead atoms. The molecule has 0 aromatic heterocycles. The van der Waals surface area contributed by atoms with Crippen molar-refractivity contribution in [1.29, 1.82) is 0 Å². The van der Waals surface area contributed by atoms with Crippen LogP contribution in [0.25, 0.3) is 0 Å². The number of ether oxygens (including phenoxy) is 2. The molecule has 0 heterocycles. The van der Waals surface area contributed by atoms with E-state index in [1.807, 2.05) is 42.5 Å². The molecular formula is C19H22ClNO3. The largest absolute Gasteiger partial charge is 0.493 e. The Bertz CT molecular complexity index is 661. The number of hydrogen-bond acceptors (Lipinski definition) is 4. The fourth-order valence-electron chi connectivity index (χ4n) is 2.30. The Morgan fingerprint density at radius 1 is 1.29 bits per heavy atom. The van der Waals surface area contributed by atoms with E-state index in [0.717, 1.165) is 11.1 Å². The Kier molecular flexibility index (Phi) is 7.12. The van der Waals surface area contributed by atoms with Crippen LogP contribution in [0.3, 0.4) is 0 Å². The van der Waals surface area contributed by atoms with Crippen LogP contribution < -0.4 is 14.8 Å². The lowest BCUT2D eigenvalue weighted by Crippen LogP contribution is -2.21. The molecule has 0 aliphatic rings. The predicted molar refractivity (Wildman–Crippen MR) is 96.8 cm³/mol. The highest BCUT2D eigenvalue weighted by molar-refractivity contribution is 6.32. The Balaban J connectivity index is 1.97. The predicted octanol–water partition coefficient (Wildman–Crippen LogP) is 3.74. The number of rotatable bonds is 9. The topological polar surface area (TPSA) is 50.7 Å². The van der Waals surface area contributed by atoms with Crippen LogP contribution in [0, 0.1) is 0 Å². The third kappa shape index (κ3) is 4.99. The average molecular weight is 348 g/mol. The third-order valence-corrected chi connectivity index (χ3v) is 3.77. The lowest BCUT2D eigenvalue weighted by Gasteiger charge is -2.15. The highest BCUT2D eigenvalue weighted by Crippen LogP contribution is 2.36. The van der Waals surface area contributed by atoms with E-state index in [-0.39, 0.29) is 0 Å². The summed E-state index contributed by atoms with van der Waals surface area (Å²) < 4.78 is 10.9. The quantitative estimate of drug-likeness (QED) is 0.678. The molecule has 1 unspecified atom stereocenters. The molecule has 2 aromatic carbocycles. The van der Waals surface area contributed by atoms with Crippen molar-refractivity contribution in [3.8, 4) is 11.5 Å². The molecule has 5 heteroatoms. The Morgan fingerprint density at radius 2 is 2.04 bits per heavy atom. The van der Waals surface area contributed by atoms with E-state index in [9.17, 15) is 5.11 Å². The summed E-state index contributed by atoms with van der Waals surface area (Å²) in [5.41, 5.74) is 1.83. The minimum atomic E-state index is -0.557. The standard InChI is InChI=1S/C19H22ClNO3/c1-3-9-24-19-16(20)10-14(11-18(19)23-2)12-21-13-17(22)15-7-5-4-6-8-15/h3-8,10-11,17,21-22H,1,9,12-13H2,2H3. The maximum Gasteiger partial charge on any atom is 0.180 e. The second-order valence-electron chi connectivity index (χ2n) is 5.27. The van der Waals surface area contributed by atoms with Crippen molar-refractivity contribution in [3.63, 3.8) is 0 Å². The lowest BCUT2D eigenvalue weighted by atomic mass is 10.1. The van der Waals surface area contributed by atoms with Gasteiger partial charge in [-0.15, -0.1) is 0 Å². The zero-order chi connectivity index (χ0) is 17.4. The number of hydrogen-bond donors (Lipinski definition) is 2. The van der Waals surface area contributed by atoms with Crippen LogP contribution in [0.2, 0.25) is 5.02 Å². The number of aliphatic hydroxyl groups is 1. The number of aliphatic hydroxyl groups excluding tert-OH is 1. The smallest absolute Gasteiger partial charge is 0.180 e. The summed E-state index contributed by atoms with van der Waals surface area (Å²) in [6.45, 7) is 4.98. The molecule has 128 valence electrons. The zero-order valence-electron chi connectivity index (χ0n) is 13.7. The maximum atomic E-state index is 10.2. The minimum Gasteiger partial charge on any atom is -0.493 e. The molecule has 0 amide bonds. The van der Waals surface area contributed by atoms with Gasteiger partial charge in [-0.2, -0.15) is 0 Å². The van der Waals surface area contributed by atoms with E-state index in [4.69, 9.17) is 21.1 Å². The average Bonchev–Trinajstić information content (AvgIpc) is 2.61. The number of halogens is 1. The van der Waals surface area contributed by atoms with Crippen LogP contribution in [-0.4, -0.2) is 25.4 Å². The maximum absolute atomic E-state index is 10.2. The third-order valence-electron chi connectivity index (χ3n) is 3.49. The molecule has 0 aliphatic carbocycles. The summed E-state index contributed by atoms with van der Waals surface area (Å²) in [5.74, 6) is 1.08. The van der Waals surface area contributed by atoms with Gasteiger partial charge in [0.05, 0.1) is 18.2 Å². The molecule has 24 heavy (non-hydrogen) atoms. The van der Waals surface area contributed by atoms with Gasteiger partial charge in [0.25, 0.3) is 0 Å². The molecule has 0 fully saturated rings. The van der Waals surface area contributed by atoms with Gasteiger partial charge in [-0.1, -0.05) is 54.6 Å². The minimum absolute atomic E-state index is 0.358. The first-order valence-corrected chi connectivity index (χ1v) is 8.07. The molecule has 0 saturated heterocycles. The van der Waals surface area contributed by atoms with Gasteiger partial charge in [0, 0.05) is 13.1 Å². The van der Waals surface area contributed by atoms with Gasteiger partial charge in [0.2, 0.25) is 0 Å². The van der Waals surface area contributed by atoms with Crippen LogP contribution in [0.5, 0.6) is 11.5 Å². The number of nitrogens with one attached hydrogen (secondary N) is 1. The summed E-state index contributed by atoms with van der Waals surface area (Å²) in [6, 6.07) is 13.2. The van der Waals surface area contributed by atoms with Gasteiger partial charge in [0.15, 0.2) is 11.5 Å². The lowest BCUT2D eigenvalue weighted by molar-refractivity contribution is 0.174. The fourth-order valence-corrected chi connectivity index (χ4v) is 2.59. The van der Waals surface area contributed by atoms with E-state index in [2.05, 4.69) is 11.9 Å². The van der Waals surface area contributed by atoms with E-state index >= 15 is 0 Å². The fraction of sp³-hybridized carbons (Fsp3) is 0.263. The van der Waals surface area contributed by atoms with Crippen LogP contribution in [0.4, 0.5) is 0 Å². The van der Waals surface area contributed by atoms with Crippen molar-refractivity contribution in [2.24, 2.45) is 0 Å². The molecule has 4 nitrogen and oxygen atoms in total. The van der Waals surface area contributed by atoms with Gasteiger partial charge >= 0.3 is 0 Å². The SMILES string of the molecule is C=CCOc1c(Cl)cc(CNCC(O)c2ccccc2)cc1OC. The molecule has 0 aliphatic heterocycles. The second-order valence-corrected chi connectivity index (χ2v) is 5.67. The van der Waals surface area contributed by atoms with Crippen LogP contribution in [0.1, 0.15) is 17.2 Å². The summed E-state index contributed by atoms with van der Waals surface area (Å²) in [5, 5.41) is 13.9. The highest BCUT2D eigenvalue weighted by atomic mass is 35.5. The summed E-state index contributed by atoms with van der Waals surface area (Å²) >= 11 is 6.27. The molecule has 1 atom stereocenters. The van der Waals surface area contributed by atoms with E-state index in [1.165, 1.54) is 0 Å². The van der Waals surface area contributed by atoms with Gasteiger partial charge in [0.1, 0.15) is 6.61 Å². The Morgan fingerprint density at radius 3 is 2.71 bits per heavy atom. The zero-order valence-corrected chi connectivity index (χ0v) is 14.4. The Labute approximate surface area is 147 Å². The first-order valence-electron chi connectivity index (χ1n) is 7.69. The van der Waals surface area contributed by atoms with E-state index < -0.39 is 6.10 Å². The second kappa shape index (κ2) is 9.33. The summed E-state index contributed by atoms with van der Waals surface area (Å²) in [7, 11) is 1.57. The summed E-state index contributed by atoms with van der Waals surface area (Å²) in [4.78, 5) is 0. The monoisotopic (exact) mass is 347 g/mol. The van der Waals surface area contributed by atoms with Gasteiger partial charge in [-0.05, 0) is 23.3 Å². The molecule has 0 spiro atoms.